The van der Waals surface area contributed by atoms with Gasteiger partial charge in [0.2, 0.25) is 0 Å². The summed E-state index contributed by atoms with van der Waals surface area (Å²) in [5.41, 5.74) is 1.30. The number of benzene rings is 2. The molecule has 1 atom stereocenters. The number of hydrogen-bond donors (Lipinski definition) is 1. The summed E-state index contributed by atoms with van der Waals surface area (Å²) in [4.78, 5) is 2.44. The molecule has 2 aromatic carbocycles. The van der Waals surface area contributed by atoms with Crippen LogP contribution in [-0.2, 0) is 0 Å². The minimum Gasteiger partial charge on any atom is -0.313 e. The van der Waals surface area contributed by atoms with Crippen molar-refractivity contribution in [2.24, 2.45) is 0 Å². The van der Waals surface area contributed by atoms with Crippen LogP contribution in [0.25, 0.3) is 0 Å². The highest BCUT2D eigenvalue weighted by Crippen LogP contribution is 2.35. The topological polar surface area (TPSA) is 12.0 Å². The molecule has 2 aromatic rings. The van der Waals surface area contributed by atoms with E-state index in [-0.39, 0.29) is 0 Å². The molecule has 1 N–H and O–H groups in total. The van der Waals surface area contributed by atoms with Crippen molar-refractivity contribution < 1.29 is 0 Å². The normalized spacial score (nSPS) is 12.4. The number of hydrogen-bond acceptors (Lipinski definition) is 2. The quantitative estimate of drug-likeness (QED) is 0.772. The van der Waals surface area contributed by atoms with Gasteiger partial charge in [0.05, 0.1) is 0 Å². The second kappa shape index (κ2) is 6.80. The summed E-state index contributed by atoms with van der Waals surface area (Å²) in [5.74, 6) is 0. The van der Waals surface area contributed by atoms with Gasteiger partial charge in [0, 0.05) is 25.3 Å². The van der Waals surface area contributed by atoms with E-state index in [0.717, 1.165) is 9.50 Å². The van der Waals surface area contributed by atoms with E-state index in [1.165, 1.54) is 15.4 Å². The smallest absolute Gasteiger partial charge is 0.0406 e. The highest BCUT2D eigenvalue weighted by Gasteiger charge is 2.10. The number of halogens is 2. The third kappa shape index (κ3) is 3.99. The molecule has 19 heavy (non-hydrogen) atoms. The lowest BCUT2D eigenvalue weighted by molar-refractivity contribution is 0.641. The fraction of sp³-hybridized carbons (Fsp3) is 0.200. The van der Waals surface area contributed by atoms with Crippen molar-refractivity contribution in [3.05, 3.63) is 57.5 Å². The Morgan fingerprint density at radius 2 is 1.84 bits per heavy atom. The minimum atomic E-state index is 0.322. The molecule has 1 nitrogen and oxygen atoms in total. The van der Waals surface area contributed by atoms with E-state index in [2.05, 4.69) is 46.4 Å². The van der Waals surface area contributed by atoms with Crippen molar-refractivity contribution >= 4 is 39.3 Å². The fourth-order valence-corrected chi connectivity index (χ4v) is 3.45. The van der Waals surface area contributed by atoms with Gasteiger partial charge in [0.15, 0.2) is 0 Å². The standard InChI is InChI=1S/C15H15BrClNS/c1-10(18-2)14-8-3-11(16)9-15(14)19-13-6-4-12(17)5-7-13/h3-10,18H,1-2H3. The summed E-state index contributed by atoms with van der Waals surface area (Å²) in [7, 11) is 1.98. The Morgan fingerprint density at radius 1 is 1.16 bits per heavy atom. The maximum absolute atomic E-state index is 5.92. The second-order valence-corrected chi connectivity index (χ2v) is 6.72. The van der Waals surface area contributed by atoms with E-state index >= 15 is 0 Å². The lowest BCUT2D eigenvalue weighted by Crippen LogP contribution is -2.13. The Balaban J connectivity index is 2.32. The van der Waals surface area contributed by atoms with Gasteiger partial charge >= 0.3 is 0 Å². The largest absolute Gasteiger partial charge is 0.313 e. The number of rotatable bonds is 4. The van der Waals surface area contributed by atoms with Crippen LogP contribution >= 0.6 is 39.3 Å². The summed E-state index contributed by atoms with van der Waals surface area (Å²) < 4.78 is 1.09. The van der Waals surface area contributed by atoms with Gasteiger partial charge in [-0.05, 0) is 55.9 Å². The van der Waals surface area contributed by atoms with E-state index in [9.17, 15) is 0 Å². The van der Waals surface area contributed by atoms with Crippen LogP contribution in [0.1, 0.15) is 18.5 Å². The first-order chi connectivity index (χ1) is 9.10. The molecule has 0 aromatic heterocycles. The first-order valence-corrected chi connectivity index (χ1v) is 7.99. The third-order valence-electron chi connectivity index (χ3n) is 2.92. The molecule has 2 rings (SSSR count). The van der Waals surface area contributed by atoms with Gasteiger partial charge in [0.25, 0.3) is 0 Å². The monoisotopic (exact) mass is 355 g/mol. The summed E-state index contributed by atoms with van der Waals surface area (Å²) in [6.07, 6.45) is 0. The van der Waals surface area contributed by atoms with Gasteiger partial charge in [-0.1, -0.05) is 45.4 Å². The first-order valence-electron chi connectivity index (χ1n) is 6.00. The zero-order valence-corrected chi connectivity index (χ0v) is 13.9. The molecular formula is C15H15BrClNS. The van der Waals surface area contributed by atoms with Gasteiger partial charge in [-0.3, -0.25) is 0 Å². The van der Waals surface area contributed by atoms with Crippen LogP contribution in [0.2, 0.25) is 5.02 Å². The highest BCUT2D eigenvalue weighted by molar-refractivity contribution is 9.10. The zero-order chi connectivity index (χ0) is 13.8. The van der Waals surface area contributed by atoms with Crippen molar-refractivity contribution in [3.63, 3.8) is 0 Å². The molecule has 0 aliphatic heterocycles. The minimum absolute atomic E-state index is 0.322. The molecule has 0 fully saturated rings. The first kappa shape index (κ1) is 14.9. The third-order valence-corrected chi connectivity index (χ3v) is 4.74. The predicted molar refractivity (Wildman–Crippen MR) is 87.2 cm³/mol. The molecule has 0 bridgehead atoms. The van der Waals surface area contributed by atoms with E-state index in [0.29, 0.717) is 6.04 Å². The number of nitrogens with one attached hydrogen (secondary N) is 1. The van der Waals surface area contributed by atoms with Gasteiger partial charge < -0.3 is 5.32 Å². The molecule has 0 saturated heterocycles. The van der Waals surface area contributed by atoms with Gasteiger partial charge in [-0.15, -0.1) is 0 Å². The Bertz CT molecular complexity index is 557. The van der Waals surface area contributed by atoms with Crippen LogP contribution in [0.5, 0.6) is 0 Å². The molecule has 0 heterocycles. The Kier molecular flexibility index (Phi) is 5.34. The average molecular weight is 357 g/mol. The summed E-state index contributed by atoms with van der Waals surface area (Å²) in [6, 6.07) is 14.6. The van der Waals surface area contributed by atoms with Crippen LogP contribution in [0.3, 0.4) is 0 Å². The van der Waals surface area contributed by atoms with E-state index in [1.807, 2.05) is 31.3 Å². The summed E-state index contributed by atoms with van der Waals surface area (Å²) >= 11 is 11.2. The summed E-state index contributed by atoms with van der Waals surface area (Å²) in [6.45, 7) is 2.16. The van der Waals surface area contributed by atoms with E-state index < -0.39 is 0 Å². The zero-order valence-electron chi connectivity index (χ0n) is 10.8. The SMILES string of the molecule is CNC(C)c1ccc(Br)cc1Sc1ccc(Cl)cc1. The maximum atomic E-state index is 5.92. The van der Waals surface area contributed by atoms with Crippen LogP contribution in [0.15, 0.2) is 56.7 Å². The maximum Gasteiger partial charge on any atom is 0.0406 e. The molecule has 1 unspecified atom stereocenters. The lowest BCUT2D eigenvalue weighted by atomic mass is 10.1. The van der Waals surface area contributed by atoms with Crippen molar-refractivity contribution in [1.29, 1.82) is 0 Å². The fourth-order valence-electron chi connectivity index (χ4n) is 1.74. The van der Waals surface area contributed by atoms with Crippen molar-refractivity contribution in [2.45, 2.75) is 22.8 Å². The van der Waals surface area contributed by atoms with Crippen LogP contribution in [-0.4, -0.2) is 7.05 Å². The van der Waals surface area contributed by atoms with Crippen LogP contribution in [0, 0.1) is 0 Å². The molecule has 0 aliphatic carbocycles. The molecular weight excluding hydrogens is 342 g/mol. The van der Waals surface area contributed by atoms with Crippen molar-refractivity contribution in [2.75, 3.05) is 7.05 Å². The van der Waals surface area contributed by atoms with Crippen LogP contribution < -0.4 is 5.32 Å². The molecule has 4 heteroatoms. The van der Waals surface area contributed by atoms with Crippen molar-refractivity contribution in [1.82, 2.24) is 5.32 Å². The molecule has 0 radical (unpaired) electrons. The van der Waals surface area contributed by atoms with Gasteiger partial charge in [-0.2, -0.15) is 0 Å². The lowest BCUT2D eigenvalue weighted by Gasteiger charge is -2.16. The second-order valence-electron chi connectivity index (χ2n) is 4.25. The molecule has 0 aliphatic rings. The average Bonchev–Trinajstić information content (AvgIpc) is 2.41. The van der Waals surface area contributed by atoms with Gasteiger partial charge in [-0.25, -0.2) is 0 Å². The molecule has 100 valence electrons. The van der Waals surface area contributed by atoms with E-state index in [1.54, 1.807) is 11.8 Å². The Morgan fingerprint density at radius 3 is 2.47 bits per heavy atom. The molecule has 0 spiro atoms. The van der Waals surface area contributed by atoms with Crippen molar-refractivity contribution in [3.8, 4) is 0 Å². The Labute approximate surface area is 131 Å². The summed E-state index contributed by atoms with van der Waals surface area (Å²) in [5, 5.41) is 4.05. The van der Waals surface area contributed by atoms with Gasteiger partial charge in [0.1, 0.15) is 0 Å². The molecule has 0 amide bonds. The van der Waals surface area contributed by atoms with Crippen LogP contribution in [0.4, 0.5) is 0 Å². The predicted octanol–water partition coefficient (Wildman–Crippen LogP) is 5.53. The Hall–Kier alpha value is -0.480. The highest BCUT2D eigenvalue weighted by atomic mass is 79.9. The molecule has 0 saturated carbocycles. The van der Waals surface area contributed by atoms with E-state index in [4.69, 9.17) is 11.6 Å².